The minimum Gasteiger partial charge on any atom is -0.336 e. The van der Waals surface area contributed by atoms with E-state index in [1.807, 2.05) is 13.8 Å². The Morgan fingerprint density at radius 2 is 1.46 bits per heavy atom. The lowest BCUT2D eigenvalue weighted by molar-refractivity contribution is -0.137. The molecule has 24 heavy (non-hydrogen) atoms. The number of carbonyl (C=O) groups is 2. The Morgan fingerprint density at radius 3 is 1.92 bits per heavy atom. The molecule has 0 spiro atoms. The van der Waals surface area contributed by atoms with Gasteiger partial charge in [-0.05, 0) is 38.1 Å². The Balaban J connectivity index is 1.98. The average Bonchev–Trinajstić information content (AvgIpc) is 2.53. The summed E-state index contributed by atoms with van der Waals surface area (Å²) >= 11 is 0. The maximum atomic E-state index is 12.5. The van der Waals surface area contributed by atoms with Gasteiger partial charge in [0.1, 0.15) is 0 Å². The Hall–Kier alpha value is -2.31. The summed E-state index contributed by atoms with van der Waals surface area (Å²) in [5, 5.41) is 0. The summed E-state index contributed by atoms with van der Waals surface area (Å²) in [4.78, 5) is 27.5. The van der Waals surface area contributed by atoms with Crippen molar-refractivity contribution in [3.63, 3.8) is 0 Å². The number of rotatable bonds is 2. The molecule has 0 bridgehead atoms. The molecule has 0 saturated carbocycles. The molecule has 1 fully saturated rings. The molecule has 130 valence electrons. The van der Waals surface area contributed by atoms with E-state index in [4.69, 9.17) is 0 Å². The highest BCUT2D eigenvalue weighted by molar-refractivity contribution is 5.94. The molecule has 1 saturated heterocycles. The summed E-state index contributed by atoms with van der Waals surface area (Å²) in [7, 11) is 0. The van der Waals surface area contributed by atoms with Crippen LogP contribution < -0.4 is 0 Å². The van der Waals surface area contributed by atoms with Gasteiger partial charge >= 0.3 is 6.18 Å². The van der Waals surface area contributed by atoms with Gasteiger partial charge in [-0.25, -0.2) is 0 Å². The standard InChI is InChI=1S/C17H19F3N2O2/c1-12(2)11-15(23)21-7-9-22(10-8-21)16(24)13-3-5-14(6-4-13)17(18,19)20/h3-6,11H,7-10H2,1-2H3. The van der Waals surface area contributed by atoms with Crippen LogP contribution in [0.2, 0.25) is 0 Å². The molecule has 4 nitrogen and oxygen atoms in total. The zero-order valence-corrected chi connectivity index (χ0v) is 13.6. The highest BCUT2D eigenvalue weighted by Crippen LogP contribution is 2.29. The minimum absolute atomic E-state index is 0.0865. The van der Waals surface area contributed by atoms with E-state index < -0.39 is 11.7 Å². The molecule has 0 aromatic heterocycles. The molecule has 0 aliphatic carbocycles. The lowest BCUT2D eigenvalue weighted by Gasteiger charge is -2.34. The van der Waals surface area contributed by atoms with Crippen LogP contribution >= 0.6 is 0 Å². The average molecular weight is 340 g/mol. The van der Waals surface area contributed by atoms with Gasteiger partial charge in [-0.3, -0.25) is 9.59 Å². The Labute approximate surface area is 138 Å². The van der Waals surface area contributed by atoms with Crippen molar-refractivity contribution in [3.05, 3.63) is 47.0 Å². The van der Waals surface area contributed by atoms with Crippen LogP contribution in [0.5, 0.6) is 0 Å². The van der Waals surface area contributed by atoms with Crippen LogP contribution in [-0.2, 0) is 11.0 Å². The van der Waals surface area contributed by atoms with E-state index >= 15 is 0 Å². The van der Waals surface area contributed by atoms with Crippen molar-refractivity contribution in [1.82, 2.24) is 9.80 Å². The van der Waals surface area contributed by atoms with Crippen molar-refractivity contribution in [2.45, 2.75) is 20.0 Å². The van der Waals surface area contributed by atoms with E-state index in [0.717, 1.165) is 17.7 Å². The van der Waals surface area contributed by atoms with Crippen LogP contribution in [0.4, 0.5) is 13.2 Å². The predicted molar refractivity (Wildman–Crippen MR) is 83.4 cm³/mol. The summed E-state index contributed by atoms with van der Waals surface area (Å²) in [6, 6.07) is 4.18. The third-order valence-electron chi connectivity index (χ3n) is 3.75. The van der Waals surface area contributed by atoms with E-state index in [2.05, 4.69) is 0 Å². The van der Waals surface area contributed by atoms with E-state index in [1.54, 1.807) is 15.9 Å². The van der Waals surface area contributed by atoms with E-state index in [9.17, 15) is 22.8 Å². The largest absolute Gasteiger partial charge is 0.416 e. The first-order valence-electron chi connectivity index (χ1n) is 7.59. The second-order valence-electron chi connectivity index (χ2n) is 5.91. The smallest absolute Gasteiger partial charge is 0.336 e. The normalized spacial score (nSPS) is 15.2. The molecule has 1 aromatic rings. The number of nitrogens with zero attached hydrogens (tertiary/aromatic N) is 2. The number of halogens is 3. The van der Waals surface area contributed by atoms with E-state index in [0.29, 0.717) is 26.2 Å². The van der Waals surface area contributed by atoms with E-state index in [1.165, 1.54) is 12.1 Å². The van der Waals surface area contributed by atoms with Crippen LogP contribution in [0.3, 0.4) is 0 Å². The van der Waals surface area contributed by atoms with Gasteiger partial charge in [0.15, 0.2) is 0 Å². The lowest BCUT2D eigenvalue weighted by Crippen LogP contribution is -2.50. The molecule has 2 amide bonds. The Morgan fingerprint density at radius 1 is 0.958 bits per heavy atom. The van der Waals surface area contributed by atoms with Crippen molar-refractivity contribution in [2.75, 3.05) is 26.2 Å². The number of piperazine rings is 1. The molecule has 0 unspecified atom stereocenters. The van der Waals surface area contributed by atoms with Crippen molar-refractivity contribution >= 4 is 11.8 Å². The molecule has 7 heteroatoms. The zero-order chi connectivity index (χ0) is 17.9. The first-order chi connectivity index (χ1) is 11.2. The summed E-state index contributed by atoms with van der Waals surface area (Å²) in [6.07, 6.45) is -2.87. The SMILES string of the molecule is CC(C)=CC(=O)N1CCN(C(=O)c2ccc(C(F)(F)F)cc2)CC1. The number of hydrogen-bond acceptors (Lipinski definition) is 2. The number of carbonyl (C=O) groups excluding carboxylic acids is 2. The second-order valence-corrected chi connectivity index (χ2v) is 5.91. The maximum Gasteiger partial charge on any atom is 0.416 e. The van der Waals surface area contributed by atoms with Crippen LogP contribution in [-0.4, -0.2) is 47.8 Å². The molecule has 0 atom stereocenters. The van der Waals surface area contributed by atoms with Gasteiger partial charge in [-0.1, -0.05) is 5.57 Å². The van der Waals surface area contributed by atoms with Gasteiger partial charge in [-0.2, -0.15) is 13.2 Å². The zero-order valence-electron chi connectivity index (χ0n) is 13.6. The molecule has 0 radical (unpaired) electrons. The highest BCUT2D eigenvalue weighted by atomic mass is 19.4. The number of amides is 2. The van der Waals surface area contributed by atoms with Crippen LogP contribution in [0, 0.1) is 0 Å². The molecule has 1 aliphatic heterocycles. The van der Waals surface area contributed by atoms with Gasteiger partial charge in [0.2, 0.25) is 5.91 Å². The molecule has 2 rings (SSSR count). The molecule has 1 heterocycles. The molecular formula is C17H19F3N2O2. The first-order valence-corrected chi connectivity index (χ1v) is 7.59. The molecule has 1 aromatic carbocycles. The number of alkyl halides is 3. The fraction of sp³-hybridized carbons (Fsp3) is 0.412. The maximum absolute atomic E-state index is 12.5. The van der Waals surface area contributed by atoms with Crippen LogP contribution in [0.15, 0.2) is 35.9 Å². The summed E-state index contributed by atoms with van der Waals surface area (Å²) < 4.78 is 37.6. The van der Waals surface area contributed by atoms with E-state index in [-0.39, 0.29) is 17.4 Å². The highest BCUT2D eigenvalue weighted by Gasteiger charge is 2.31. The lowest BCUT2D eigenvalue weighted by atomic mass is 10.1. The topological polar surface area (TPSA) is 40.6 Å². The van der Waals surface area contributed by atoms with Crippen molar-refractivity contribution in [2.24, 2.45) is 0 Å². The fourth-order valence-corrected chi connectivity index (χ4v) is 2.45. The summed E-state index contributed by atoms with van der Waals surface area (Å²) in [5.41, 5.74) is 0.339. The molecule has 1 aliphatic rings. The molecule has 0 N–H and O–H groups in total. The van der Waals surface area contributed by atoms with Gasteiger partial charge in [0.25, 0.3) is 5.91 Å². The second kappa shape index (κ2) is 7.07. The van der Waals surface area contributed by atoms with Crippen molar-refractivity contribution in [3.8, 4) is 0 Å². The first kappa shape index (κ1) is 18.0. The number of allylic oxidation sites excluding steroid dienone is 1. The van der Waals surface area contributed by atoms with Crippen molar-refractivity contribution < 1.29 is 22.8 Å². The Kier molecular flexibility index (Phi) is 5.31. The third kappa shape index (κ3) is 4.37. The predicted octanol–water partition coefficient (Wildman–Crippen LogP) is 2.96. The quantitative estimate of drug-likeness (QED) is 0.777. The summed E-state index contributed by atoms with van der Waals surface area (Å²) in [5.74, 6) is -0.408. The summed E-state index contributed by atoms with van der Waals surface area (Å²) in [6.45, 7) is 5.22. The van der Waals surface area contributed by atoms with Crippen molar-refractivity contribution in [1.29, 1.82) is 0 Å². The number of benzene rings is 1. The third-order valence-corrected chi connectivity index (χ3v) is 3.75. The monoisotopic (exact) mass is 340 g/mol. The Bertz CT molecular complexity index is 639. The fourth-order valence-electron chi connectivity index (χ4n) is 2.45. The minimum atomic E-state index is -4.42. The molecular weight excluding hydrogens is 321 g/mol. The van der Waals surface area contributed by atoms with Gasteiger partial charge in [0.05, 0.1) is 5.56 Å². The number of hydrogen-bond donors (Lipinski definition) is 0. The van der Waals surface area contributed by atoms with Crippen LogP contribution in [0.1, 0.15) is 29.8 Å². The van der Waals surface area contributed by atoms with Gasteiger partial charge in [0, 0.05) is 37.8 Å². The van der Waals surface area contributed by atoms with Gasteiger partial charge in [-0.15, -0.1) is 0 Å². The van der Waals surface area contributed by atoms with Crippen LogP contribution in [0.25, 0.3) is 0 Å². The van der Waals surface area contributed by atoms with Gasteiger partial charge < -0.3 is 9.80 Å².